The second kappa shape index (κ2) is 9.43. The zero-order valence-corrected chi connectivity index (χ0v) is 20.7. The Hall–Kier alpha value is -3.45. The van der Waals surface area contributed by atoms with Crippen LogP contribution in [-0.2, 0) is 24.6 Å². The van der Waals surface area contributed by atoms with Gasteiger partial charge in [0.15, 0.2) is 0 Å². The maximum absolute atomic E-state index is 13.4. The van der Waals surface area contributed by atoms with Crippen LogP contribution in [0.3, 0.4) is 0 Å². The van der Waals surface area contributed by atoms with Crippen molar-refractivity contribution in [1.29, 1.82) is 0 Å². The van der Waals surface area contributed by atoms with Crippen molar-refractivity contribution in [2.75, 3.05) is 14.2 Å². The molecule has 34 heavy (non-hydrogen) atoms. The van der Waals surface area contributed by atoms with Gasteiger partial charge in [0.25, 0.3) is 0 Å². The molecule has 1 N–H and O–H groups in total. The number of nitrogens with zero attached hydrogens (tertiary/aromatic N) is 1. The van der Waals surface area contributed by atoms with Crippen LogP contribution in [0.1, 0.15) is 35.9 Å². The van der Waals surface area contributed by atoms with E-state index in [2.05, 4.69) is 11.4 Å². The monoisotopic (exact) mass is 476 g/mol. The Labute approximate surface area is 203 Å². The molecule has 0 saturated heterocycles. The van der Waals surface area contributed by atoms with Gasteiger partial charge in [-0.1, -0.05) is 54.1 Å². The van der Waals surface area contributed by atoms with Gasteiger partial charge in [0.2, 0.25) is 0 Å². The summed E-state index contributed by atoms with van der Waals surface area (Å²) in [6, 6.07) is 17.7. The van der Waals surface area contributed by atoms with Crippen molar-refractivity contribution < 1.29 is 19.1 Å². The van der Waals surface area contributed by atoms with Gasteiger partial charge in [0.1, 0.15) is 10.5 Å². The van der Waals surface area contributed by atoms with Gasteiger partial charge in [-0.3, -0.25) is 4.79 Å². The average molecular weight is 477 g/mol. The number of carbonyl (C=O) groups excluding carboxylic acids is 2. The van der Waals surface area contributed by atoms with E-state index in [0.717, 1.165) is 27.4 Å². The molecule has 3 unspecified atom stereocenters. The summed E-state index contributed by atoms with van der Waals surface area (Å²) in [6.45, 7) is 5.82. The number of ether oxygens (including phenoxy) is 2. The zero-order valence-electron chi connectivity index (χ0n) is 19.9. The number of allylic oxidation sites excluding steroid dienone is 1. The summed E-state index contributed by atoms with van der Waals surface area (Å²) in [4.78, 5) is 31.2. The highest BCUT2D eigenvalue weighted by atomic mass is 32.1. The molecule has 1 aliphatic rings. The number of benzene rings is 2. The van der Waals surface area contributed by atoms with Gasteiger partial charge in [-0.05, 0) is 32.4 Å². The third kappa shape index (κ3) is 4.12. The van der Waals surface area contributed by atoms with Gasteiger partial charge < -0.3 is 14.8 Å². The van der Waals surface area contributed by atoms with Crippen LogP contribution >= 0.6 is 11.3 Å². The quantitative estimate of drug-likeness (QED) is 0.525. The highest BCUT2D eigenvalue weighted by molar-refractivity contribution is 7.10. The number of carbonyl (C=O) groups is 2. The fourth-order valence-corrected chi connectivity index (χ4v) is 5.80. The van der Waals surface area contributed by atoms with Gasteiger partial charge >= 0.3 is 11.9 Å². The number of aromatic nitrogens is 1. The number of hydrogen-bond acceptors (Lipinski definition) is 7. The SMILES string of the molecule is COC(=O)C1=C(C)NC(C)(c2nc(-c3cccc(C)c3)cs2)C(C(=O)OC)C1c1ccccc1. The van der Waals surface area contributed by atoms with Gasteiger partial charge in [0, 0.05) is 22.6 Å². The van der Waals surface area contributed by atoms with Crippen LogP contribution in [-0.4, -0.2) is 31.1 Å². The van der Waals surface area contributed by atoms with Crippen LogP contribution in [0.2, 0.25) is 0 Å². The molecule has 0 aliphatic carbocycles. The molecule has 7 heteroatoms. The first kappa shape index (κ1) is 23.7. The van der Waals surface area contributed by atoms with E-state index in [9.17, 15) is 9.59 Å². The molecule has 0 fully saturated rings. The molecule has 6 nitrogen and oxygen atoms in total. The molecule has 3 aromatic rings. The predicted octanol–water partition coefficient (Wildman–Crippen LogP) is 4.96. The first-order chi connectivity index (χ1) is 16.3. The van der Waals surface area contributed by atoms with Gasteiger partial charge in [-0.15, -0.1) is 11.3 Å². The smallest absolute Gasteiger partial charge is 0.336 e. The van der Waals surface area contributed by atoms with Crippen molar-refractivity contribution in [2.24, 2.45) is 5.92 Å². The van der Waals surface area contributed by atoms with Crippen LogP contribution in [0.4, 0.5) is 0 Å². The van der Waals surface area contributed by atoms with Crippen molar-refractivity contribution >= 4 is 23.3 Å². The summed E-state index contributed by atoms with van der Waals surface area (Å²) >= 11 is 1.48. The van der Waals surface area contributed by atoms with Crippen molar-refractivity contribution in [1.82, 2.24) is 10.3 Å². The maximum Gasteiger partial charge on any atom is 0.336 e. The number of nitrogens with one attached hydrogen (secondary N) is 1. The summed E-state index contributed by atoms with van der Waals surface area (Å²) in [7, 11) is 2.72. The van der Waals surface area contributed by atoms with E-state index in [-0.39, 0.29) is 0 Å². The number of thiazole rings is 1. The van der Waals surface area contributed by atoms with Crippen molar-refractivity contribution in [3.8, 4) is 11.3 Å². The minimum absolute atomic E-state index is 0.414. The molecule has 4 rings (SSSR count). The zero-order chi connectivity index (χ0) is 24.5. The lowest BCUT2D eigenvalue weighted by atomic mass is 9.67. The number of esters is 2. The van der Waals surface area contributed by atoms with Crippen molar-refractivity contribution in [2.45, 2.75) is 32.2 Å². The molecule has 2 aromatic carbocycles. The molecular weight excluding hydrogens is 448 g/mol. The number of methoxy groups -OCH3 is 2. The second-order valence-corrected chi connectivity index (χ2v) is 9.51. The highest BCUT2D eigenvalue weighted by Crippen LogP contribution is 2.49. The van der Waals surface area contributed by atoms with E-state index >= 15 is 0 Å². The Morgan fingerprint density at radius 3 is 2.41 bits per heavy atom. The molecule has 0 amide bonds. The minimum Gasteiger partial charge on any atom is -0.469 e. The summed E-state index contributed by atoms with van der Waals surface area (Å²) in [6.07, 6.45) is 0. The fourth-order valence-electron chi connectivity index (χ4n) is 4.81. The molecule has 3 atom stereocenters. The Kier molecular flexibility index (Phi) is 6.57. The van der Waals surface area contributed by atoms with E-state index in [1.54, 1.807) is 0 Å². The molecule has 1 aromatic heterocycles. The van der Waals surface area contributed by atoms with Crippen molar-refractivity contribution in [3.63, 3.8) is 0 Å². The molecule has 2 heterocycles. The Morgan fingerprint density at radius 1 is 1.03 bits per heavy atom. The van der Waals surface area contributed by atoms with Crippen LogP contribution in [0.15, 0.2) is 71.2 Å². The van der Waals surface area contributed by atoms with Crippen molar-refractivity contribution in [3.05, 3.63) is 87.4 Å². The van der Waals surface area contributed by atoms with Gasteiger partial charge in [-0.2, -0.15) is 0 Å². The van der Waals surface area contributed by atoms with E-state index in [0.29, 0.717) is 11.3 Å². The average Bonchev–Trinajstić information content (AvgIpc) is 3.35. The predicted molar refractivity (Wildman–Crippen MR) is 132 cm³/mol. The number of aryl methyl sites for hydroxylation is 1. The highest BCUT2D eigenvalue weighted by Gasteiger charge is 2.54. The van der Waals surface area contributed by atoms with Crippen LogP contribution in [0.25, 0.3) is 11.3 Å². The molecule has 0 bridgehead atoms. The first-order valence-electron chi connectivity index (χ1n) is 11.0. The lowest BCUT2D eigenvalue weighted by Crippen LogP contribution is -2.55. The third-order valence-corrected chi connectivity index (χ3v) is 7.48. The number of rotatable bonds is 5. The summed E-state index contributed by atoms with van der Waals surface area (Å²) in [5, 5.41) is 6.18. The Morgan fingerprint density at radius 2 is 1.76 bits per heavy atom. The minimum atomic E-state index is -0.915. The summed E-state index contributed by atoms with van der Waals surface area (Å²) < 4.78 is 10.4. The maximum atomic E-state index is 13.4. The molecule has 0 saturated carbocycles. The van der Waals surface area contributed by atoms with Crippen LogP contribution in [0.5, 0.6) is 0 Å². The van der Waals surface area contributed by atoms with Gasteiger partial charge in [0.05, 0.1) is 31.4 Å². The van der Waals surface area contributed by atoms with Crippen LogP contribution in [0, 0.1) is 12.8 Å². The topological polar surface area (TPSA) is 77.5 Å². The fraction of sp³-hybridized carbons (Fsp3) is 0.296. The lowest BCUT2D eigenvalue weighted by molar-refractivity contribution is -0.150. The normalized spacial score (nSPS) is 22.1. The Bertz CT molecular complexity index is 1250. The third-order valence-electron chi connectivity index (χ3n) is 6.40. The molecule has 1 aliphatic heterocycles. The largest absolute Gasteiger partial charge is 0.469 e. The standard InChI is InChI=1S/C27H28N2O4S/c1-16-10-9-13-19(14-16)20-15-34-26(28-20)27(3)23(25(31)33-5)22(18-11-7-6-8-12-18)21(17(2)29-27)24(30)32-4/h6-15,22-23,29H,1-5H3. The number of hydrogen-bond donors (Lipinski definition) is 1. The van der Waals surface area contributed by atoms with Gasteiger partial charge in [-0.25, -0.2) is 9.78 Å². The molecule has 0 radical (unpaired) electrons. The van der Waals surface area contributed by atoms with E-state index in [4.69, 9.17) is 14.5 Å². The van der Waals surface area contributed by atoms with E-state index in [1.807, 2.05) is 74.7 Å². The molecular formula is C27H28N2O4S. The van der Waals surface area contributed by atoms with E-state index < -0.39 is 29.3 Å². The van der Waals surface area contributed by atoms with E-state index in [1.165, 1.54) is 25.6 Å². The second-order valence-electron chi connectivity index (χ2n) is 8.65. The Balaban J connectivity index is 1.91. The molecule has 176 valence electrons. The lowest BCUT2D eigenvalue weighted by Gasteiger charge is -2.45. The summed E-state index contributed by atoms with van der Waals surface area (Å²) in [5.74, 6) is -2.23. The summed E-state index contributed by atoms with van der Waals surface area (Å²) in [5.41, 5.74) is 3.98. The molecule has 0 spiro atoms. The van der Waals surface area contributed by atoms with Crippen LogP contribution < -0.4 is 5.32 Å². The first-order valence-corrected chi connectivity index (χ1v) is 11.9.